The number of benzene rings is 1. The number of hydrogen-bond acceptors (Lipinski definition) is 1. The minimum absolute atomic E-state index is 0. The van der Waals surface area contributed by atoms with Crippen LogP contribution in [0.25, 0.3) is 0 Å². The zero-order valence-electron chi connectivity index (χ0n) is 7.34. The van der Waals surface area contributed by atoms with E-state index < -0.39 is 18.5 Å². The number of alkyl halides is 1. The molecule has 0 fully saturated rings. The van der Waals surface area contributed by atoms with Crippen molar-refractivity contribution in [3.05, 3.63) is 34.6 Å². The predicted molar refractivity (Wildman–Crippen MR) is 56.2 cm³/mol. The number of hydrogen-bond donors (Lipinski definition) is 1. The van der Waals surface area contributed by atoms with Crippen LogP contribution < -0.4 is 5.73 Å². The van der Waals surface area contributed by atoms with Crippen LogP contribution >= 0.6 is 24.0 Å². The van der Waals surface area contributed by atoms with Gasteiger partial charge in [0.1, 0.15) is 5.82 Å². The van der Waals surface area contributed by atoms with Crippen molar-refractivity contribution in [3.63, 3.8) is 0 Å². The van der Waals surface area contributed by atoms with Gasteiger partial charge < -0.3 is 5.73 Å². The third kappa shape index (κ3) is 3.40. The Bertz CT molecular complexity index is 294. The molecule has 80 valence electrons. The zero-order chi connectivity index (χ0) is 9.84. The molecule has 0 bridgehead atoms. The molecule has 0 radical (unpaired) electrons. The van der Waals surface area contributed by atoms with Gasteiger partial charge in [-0.15, -0.1) is 12.4 Å². The van der Waals surface area contributed by atoms with Gasteiger partial charge in [0, 0.05) is 16.6 Å². The van der Waals surface area contributed by atoms with Crippen LogP contribution in [0.4, 0.5) is 8.78 Å². The molecular weight excluding hydrogens is 231 g/mol. The molecule has 1 aromatic carbocycles. The molecule has 1 nitrogen and oxygen atoms in total. The van der Waals surface area contributed by atoms with Gasteiger partial charge in [0.05, 0.1) is 6.67 Å². The lowest BCUT2D eigenvalue weighted by molar-refractivity contribution is 0.435. The van der Waals surface area contributed by atoms with Gasteiger partial charge in [-0.25, -0.2) is 4.39 Å². The summed E-state index contributed by atoms with van der Waals surface area (Å²) < 4.78 is 25.0. The average molecular weight is 242 g/mol. The smallest absolute Gasteiger partial charge is 0.128 e. The molecular formula is C9H11Cl2F2N. The molecule has 5 heteroatoms. The fourth-order valence-electron chi connectivity index (χ4n) is 1.07. The topological polar surface area (TPSA) is 26.0 Å². The zero-order valence-corrected chi connectivity index (χ0v) is 8.92. The molecule has 0 aliphatic carbocycles. The van der Waals surface area contributed by atoms with E-state index in [1.54, 1.807) is 0 Å². The molecule has 0 spiro atoms. The fraction of sp³-hybridized carbons (Fsp3) is 0.333. The van der Waals surface area contributed by atoms with Crippen molar-refractivity contribution in [2.24, 2.45) is 5.73 Å². The highest BCUT2D eigenvalue weighted by molar-refractivity contribution is 6.30. The van der Waals surface area contributed by atoms with Gasteiger partial charge in [0.15, 0.2) is 0 Å². The summed E-state index contributed by atoms with van der Waals surface area (Å²) in [6, 6.07) is 3.47. The molecule has 0 aliphatic rings. The highest BCUT2D eigenvalue weighted by atomic mass is 35.5. The van der Waals surface area contributed by atoms with Crippen molar-refractivity contribution in [1.82, 2.24) is 0 Å². The minimum Gasteiger partial charge on any atom is -0.324 e. The van der Waals surface area contributed by atoms with Crippen LogP contribution in [0.5, 0.6) is 0 Å². The molecule has 0 saturated carbocycles. The van der Waals surface area contributed by atoms with Crippen molar-refractivity contribution < 1.29 is 8.78 Å². The van der Waals surface area contributed by atoms with E-state index in [0.29, 0.717) is 5.02 Å². The van der Waals surface area contributed by atoms with Crippen LogP contribution in [0.15, 0.2) is 18.2 Å². The van der Waals surface area contributed by atoms with Crippen molar-refractivity contribution in [2.75, 3.05) is 6.67 Å². The maximum Gasteiger partial charge on any atom is 0.128 e. The lowest BCUT2D eigenvalue weighted by Crippen LogP contribution is -2.12. The van der Waals surface area contributed by atoms with E-state index in [-0.39, 0.29) is 24.4 Å². The largest absolute Gasteiger partial charge is 0.324 e. The quantitative estimate of drug-likeness (QED) is 0.864. The summed E-state index contributed by atoms with van der Waals surface area (Å²) in [6.07, 6.45) is 0.108. The standard InChI is InChI=1S/C9H10ClF2N.ClH/c10-6-1-2-8(12)7(5-6)9(13)3-4-11;/h1-2,5,9H,3-4,13H2;1H/t9-;/m0./s1. The first kappa shape index (κ1) is 13.6. The van der Waals surface area contributed by atoms with Crippen LogP contribution in [0.3, 0.4) is 0 Å². The maximum absolute atomic E-state index is 13.1. The summed E-state index contributed by atoms with van der Waals surface area (Å²) in [5.41, 5.74) is 5.81. The van der Waals surface area contributed by atoms with E-state index in [4.69, 9.17) is 17.3 Å². The highest BCUT2D eigenvalue weighted by Gasteiger charge is 2.11. The van der Waals surface area contributed by atoms with E-state index >= 15 is 0 Å². The predicted octanol–water partition coefficient (Wildman–Crippen LogP) is 3.26. The van der Waals surface area contributed by atoms with Gasteiger partial charge in [-0.1, -0.05) is 11.6 Å². The summed E-state index contributed by atoms with van der Waals surface area (Å²) in [6.45, 7) is -0.562. The Hall–Kier alpha value is -0.380. The number of rotatable bonds is 3. The van der Waals surface area contributed by atoms with E-state index in [1.807, 2.05) is 0 Å². The Kier molecular flexibility index (Phi) is 6.00. The van der Waals surface area contributed by atoms with Gasteiger partial charge >= 0.3 is 0 Å². The SMILES string of the molecule is Cl.N[C@@H](CCF)c1cc(Cl)ccc1F. The molecule has 14 heavy (non-hydrogen) atoms. The number of nitrogens with two attached hydrogens (primary N) is 1. The molecule has 0 aromatic heterocycles. The van der Waals surface area contributed by atoms with Gasteiger partial charge in [0.2, 0.25) is 0 Å². The second-order valence-electron chi connectivity index (χ2n) is 2.75. The van der Waals surface area contributed by atoms with Crippen molar-refractivity contribution in [1.29, 1.82) is 0 Å². The van der Waals surface area contributed by atoms with Crippen LogP contribution in [-0.4, -0.2) is 6.67 Å². The Labute approximate surface area is 92.7 Å². The van der Waals surface area contributed by atoms with E-state index in [0.717, 1.165) is 0 Å². The molecule has 0 heterocycles. The lowest BCUT2D eigenvalue weighted by atomic mass is 10.0. The summed E-state index contributed by atoms with van der Waals surface area (Å²) in [5, 5.41) is 0.408. The van der Waals surface area contributed by atoms with Crippen LogP contribution in [0.2, 0.25) is 5.02 Å². The Balaban J connectivity index is 0.00000169. The molecule has 0 saturated heterocycles. The van der Waals surface area contributed by atoms with Crippen molar-refractivity contribution in [2.45, 2.75) is 12.5 Å². The Morgan fingerprint density at radius 1 is 1.43 bits per heavy atom. The van der Waals surface area contributed by atoms with Gasteiger partial charge in [-0.05, 0) is 24.6 Å². The van der Waals surface area contributed by atoms with Crippen LogP contribution in [0, 0.1) is 5.82 Å². The van der Waals surface area contributed by atoms with E-state index in [1.165, 1.54) is 18.2 Å². The molecule has 1 aromatic rings. The van der Waals surface area contributed by atoms with Crippen LogP contribution in [-0.2, 0) is 0 Å². The average Bonchev–Trinajstić information content (AvgIpc) is 2.09. The van der Waals surface area contributed by atoms with E-state index in [2.05, 4.69) is 0 Å². The third-order valence-corrected chi connectivity index (χ3v) is 2.01. The highest BCUT2D eigenvalue weighted by Crippen LogP contribution is 2.21. The first-order valence-corrected chi connectivity index (χ1v) is 4.29. The summed E-state index contributed by atoms with van der Waals surface area (Å²) in [5.74, 6) is -0.439. The molecule has 1 rings (SSSR count). The molecule has 2 N–H and O–H groups in total. The van der Waals surface area contributed by atoms with Crippen molar-refractivity contribution >= 4 is 24.0 Å². The normalized spacial score (nSPS) is 12.0. The maximum atomic E-state index is 13.1. The molecule has 1 atom stereocenters. The first-order chi connectivity index (χ1) is 6.15. The minimum atomic E-state index is -0.622. The van der Waals surface area contributed by atoms with Gasteiger partial charge in [-0.2, -0.15) is 0 Å². The summed E-state index contributed by atoms with van der Waals surface area (Å²) >= 11 is 5.65. The molecule has 0 unspecified atom stereocenters. The van der Waals surface area contributed by atoms with E-state index in [9.17, 15) is 8.78 Å². The van der Waals surface area contributed by atoms with Gasteiger partial charge in [0.25, 0.3) is 0 Å². The third-order valence-electron chi connectivity index (χ3n) is 1.78. The molecule has 0 amide bonds. The van der Waals surface area contributed by atoms with Crippen LogP contribution in [0.1, 0.15) is 18.0 Å². The Morgan fingerprint density at radius 3 is 2.64 bits per heavy atom. The molecule has 0 aliphatic heterocycles. The monoisotopic (exact) mass is 241 g/mol. The lowest BCUT2D eigenvalue weighted by Gasteiger charge is -2.10. The summed E-state index contributed by atoms with van der Waals surface area (Å²) in [4.78, 5) is 0. The Morgan fingerprint density at radius 2 is 2.07 bits per heavy atom. The van der Waals surface area contributed by atoms with Crippen molar-refractivity contribution in [3.8, 4) is 0 Å². The second-order valence-corrected chi connectivity index (χ2v) is 3.19. The number of halogens is 4. The van der Waals surface area contributed by atoms with Gasteiger partial charge in [-0.3, -0.25) is 4.39 Å². The summed E-state index contributed by atoms with van der Waals surface area (Å²) in [7, 11) is 0. The second kappa shape index (κ2) is 6.17. The fourth-order valence-corrected chi connectivity index (χ4v) is 1.25. The first-order valence-electron chi connectivity index (χ1n) is 3.91.